The fraction of sp³-hybridized carbons (Fsp3) is 1.00. The van der Waals surface area contributed by atoms with E-state index < -0.39 is 0 Å². The Hall–Kier alpha value is -0.0400. The third-order valence-electron chi connectivity index (χ3n) is 6.11. The first-order valence-corrected chi connectivity index (χ1v) is 6.88. The van der Waals surface area contributed by atoms with Crippen LogP contribution in [0.4, 0.5) is 0 Å². The Morgan fingerprint density at radius 3 is 2.53 bits per heavy atom. The van der Waals surface area contributed by atoms with Crippen LogP contribution in [0.15, 0.2) is 0 Å². The SMILES string of the molecule is CCC1CC(C2C3CCC3(C)C2NC)C1. The molecule has 1 nitrogen and oxygen atoms in total. The van der Waals surface area contributed by atoms with Gasteiger partial charge >= 0.3 is 0 Å². The van der Waals surface area contributed by atoms with Gasteiger partial charge in [-0.15, -0.1) is 0 Å². The largest absolute Gasteiger partial charge is 0.316 e. The molecule has 4 unspecified atom stereocenters. The van der Waals surface area contributed by atoms with Crippen LogP contribution in [0.1, 0.15) is 46.0 Å². The van der Waals surface area contributed by atoms with Gasteiger partial charge in [-0.05, 0) is 61.8 Å². The highest BCUT2D eigenvalue weighted by Crippen LogP contribution is 2.68. The minimum atomic E-state index is 0.691. The fourth-order valence-corrected chi connectivity index (χ4v) is 4.90. The van der Waals surface area contributed by atoms with Crippen molar-refractivity contribution in [3.05, 3.63) is 0 Å². The Kier molecular flexibility index (Phi) is 2.18. The van der Waals surface area contributed by atoms with Crippen LogP contribution < -0.4 is 5.32 Å². The van der Waals surface area contributed by atoms with Crippen LogP contribution in [0.25, 0.3) is 0 Å². The average molecular weight is 207 g/mol. The van der Waals surface area contributed by atoms with E-state index in [9.17, 15) is 0 Å². The Morgan fingerprint density at radius 2 is 2.07 bits per heavy atom. The van der Waals surface area contributed by atoms with E-state index in [0.29, 0.717) is 5.41 Å². The van der Waals surface area contributed by atoms with Crippen molar-refractivity contribution in [2.24, 2.45) is 29.1 Å². The van der Waals surface area contributed by atoms with Gasteiger partial charge in [0.15, 0.2) is 0 Å². The molecule has 3 rings (SSSR count). The van der Waals surface area contributed by atoms with Crippen molar-refractivity contribution < 1.29 is 0 Å². The second-order valence-corrected chi connectivity index (χ2v) is 6.50. The number of rotatable bonds is 3. The van der Waals surface area contributed by atoms with Gasteiger partial charge in [0.25, 0.3) is 0 Å². The maximum absolute atomic E-state index is 3.61. The Morgan fingerprint density at radius 1 is 1.33 bits per heavy atom. The lowest BCUT2D eigenvalue weighted by atomic mass is 9.37. The molecule has 0 aromatic rings. The zero-order valence-corrected chi connectivity index (χ0v) is 10.4. The Bertz CT molecular complexity index is 256. The van der Waals surface area contributed by atoms with Crippen LogP contribution >= 0.6 is 0 Å². The van der Waals surface area contributed by atoms with Crippen LogP contribution in [0, 0.1) is 29.1 Å². The smallest absolute Gasteiger partial charge is 0.0154 e. The molecule has 3 fully saturated rings. The van der Waals surface area contributed by atoms with Crippen LogP contribution in [-0.2, 0) is 0 Å². The molecule has 4 atom stereocenters. The predicted molar refractivity (Wildman–Crippen MR) is 63.7 cm³/mol. The number of nitrogens with one attached hydrogen (secondary N) is 1. The van der Waals surface area contributed by atoms with Gasteiger partial charge in [-0.25, -0.2) is 0 Å². The third kappa shape index (κ3) is 1.13. The quantitative estimate of drug-likeness (QED) is 0.750. The van der Waals surface area contributed by atoms with Gasteiger partial charge in [-0.1, -0.05) is 20.3 Å². The van der Waals surface area contributed by atoms with E-state index >= 15 is 0 Å². The summed E-state index contributed by atoms with van der Waals surface area (Å²) in [4.78, 5) is 0. The first-order valence-electron chi connectivity index (χ1n) is 6.88. The number of hydrogen-bond donors (Lipinski definition) is 1. The molecular weight excluding hydrogens is 182 g/mol. The van der Waals surface area contributed by atoms with E-state index in [1.807, 2.05) is 0 Å². The molecule has 0 amide bonds. The van der Waals surface area contributed by atoms with E-state index in [1.54, 1.807) is 0 Å². The highest BCUT2D eigenvalue weighted by Gasteiger charge is 2.65. The molecule has 3 aliphatic rings. The van der Waals surface area contributed by atoms with E-state index in [-0.39, 0.29) is 0 Å². The molecule has 0 heterocycles. The molecule has 1 N–H and O–H groups in total. The monoisotopic (exact) mass is 207 g/mol. The van der Waals surface area contributed by atoms with E-state index in [4.69, 9.17) is 0 Å². The van der Waals surface area contributed by atoms with Gasteiger partial charge in [-0.2, -0.15) is 0 Å². The summed E-state index contributed by atoms with van der Waals surface area (Å²) in [5.74, 6) is 4.26. The summed E-state index contributed by atoms with van der Waals surface area (Å²) in [5, 5.41) is 3.61. The minimum Gasteiger partial charge on any atom is -0.316 e. The minimum absolute atomic E-state index is 0.691. The van der Waals surface area contributed by atoms with Crippen LogP contribution in [0.3, 0.4) is 0 Å². The molecule has 3 saturated carbocycles. The molecule has 0 saturated heterocycles. The van der Waals surface area contributed by atoms with Crippen molar-refractivity contribution in [1.82, 2.24) is 5.32 Å². The fourth-order valence-electron chi connectivity index (χ4n) is 4.90. The molecular formula is C14H25N. The van der Waals surface area contributed by atoms with Crippen molar-refractivity contribution in [3.63, 3.8) is 0 Å². The maximum atomic E-state index is 3.61. The van der Waals surface area contributed by atoms with E-state index in [2.05, 4.69) is 26.2 Å². The number of hydrogen-bond acceptors (Lipinski definition) is 1. The summed E-state index contributed by atoms with van der Waals surface area (Å²) in [7, 11) is 2.17. The molecule has 3 aliphatic carbocycles. The van der Waals surface area contributed by atoms with Crippen molar-refractivity contribution >= 4 is 0 Å². The van der Waals surface area contributed by atoms with Gasteiger partial charge in [0.1, 0.15) is 0 Å². The normalized spacial score (nSPS) is 57.4. The average Bonchev–Trinajstić information content (AvgIpc) is 2.15. The van der Waals surface area contributed by atoms with E-state index in [0.717, 1.165) is 29.7 Å². The molecule has 0 aromatic carbocycles. The molecule has 1 heteroatoms. The molecule has 0 radical (unpaired) electrons. The van der Waals surface area contributed by atoms with Crippen molar-refractivity contribution in [2.75, 3.05) is 7.05 Å². The van der Waals surface area contributed by atoms with Crippen LogP contribution in [0.2, 0.25) is 0 Å². The molecule has 0 aliphatic heterocycles. The second kappa shape index (κ2) is 3.23. The molecule has 0 spiro atoms. The summed E-state index contributed by atoms with van der Waals surface area (Å²) in [6.45, 7) is 4.86. The highest BCUT2D eigenvalue weighted by atomic mass is 15.0. The van der Waals surface area contributed by atoms with Gasteiger partial charge in [0.05, 0.1) is 0 Å². The first kappa shape index (κ1) is 10.1. The molecule has 86 valence electrons. The summed E-state index contributed by atoms with van der Waals surface area (Å²) in [6, 6.07) is 0.846. The standard InChI is InChI=1S/C14H25N/c1-4-9-7-10(8-9)12-11-5-6-14(11,2)13(12)15-3/h9-13,15H,4-8H2,1-3H3. The highest BCUT2D eigenvalue weighted by molar-refractivity contribution is 5.17. The lowest BCUT2D eigenvalue weighted by Gasteiger charge is -2.71. The van der Waals surface area contributed by atoms with Gasteiger partial charge < -0.3 is 5.32 Å². The molecule has 0 aromatic heterocycles. The lowest BCUT2D eigenvalue weighted by molar-refractivity contribution is -0.192. The second-order valence-electron chi connectivity index (χ2n) is 6.50. The molecule has 15 heavy (non-hydrogen) atoms. The number of fused-ring (bicyclic) bond motifs is 1. The van der Waals surface area contributed by atoms with Gasteiger partial charge in [-0.3, -0.25) is 0 Å². The topological polar surface area (TPSA) is 12.0 Å². The van der Waals surface area contributed by atoms with Gasteiger partial charge in [0.2, 0.25) is 0 Å². The lowest BCUT2D eigenvalue weighted by Crippen LogP contribution is -2.72. The summed E-state index contributed by atoms with van der Waals surface area (Å²) >= 11 is 0. The summed E-state index contributed by atoms with van der Waals surface area (Å²) in [6.07, 6.45) is 7.48. The van der Waals surface area contributed by atoms with Crippen molar-refractivity contribution in [1.29, 1.82) is 0 Å². The summed E-state index contributed by atoms with van der Waals surface area (Å²) < 4.78 is 0. The third-order valence-corrected chi connectivity index (χ3v) is 6.11. The Balaban J connectivity index is 1.63. The Labute approximate surface area is 94.0 Å². The van der Waals surface area contributed by atoms with Crippen molar-refractivity contribution in [2.45, 2.75) is 52.0 Å². The first-order chi connectivity index (χ1) is 7.20. The zero-order valence-electron chi connectivity index (χ0n) is 10.4. The zero-order chi connectivity index (χ0) is 10.6. The summed E-state index contributed by atoms with van der Waals surface area (Å²) in [5.41, 5.74) is 0.691. The van der Waals surface area contributed by atoms with Crippen molar-refractivity contribution in [3.8, 4) is 0 Å². The van der Waals surface area contributed by atoms with Crippen LogP contribution in [0.5, 0.6) is 0 Å². The molecule has 0 bridgehead atoms. The van der Waals surface area contributed by atoms with Gasteiger partial charge in [0, 0.05) is 6.04 Å². The van der Waals surface area contributed by atoms with Crippen LogP contribution in [-0.4, -0.2) is 13.1 Å². The maximum Gasteiger partial charge on any atom is 0.0154 e. The van der Waals surface area contributed by atoms with E-state index in [1.165, 1.54) is 32.1 Å². The predicted octanol–water partition coefficient (Wildman–Crippen LogP) is 3.06.